The topological polar surface area (TPSA) is 66.8 Å². The Morgan fingerprint density at radius 3 is 2.00 bits per heavy atom. The molecule has 0 rings (SSSR count). The summed E-state index contributed by atoms with van der Waals surface area (Å²) in [5.74, 6) is -0.0203. The van der Waals surface area contributed by atoms with Crippen LogP contribution >= 0.6 is 0 Å². The Balaban J connectivity index is 4.58. The maximum atomic E-state index is 12.2. The van der Waals surface area contributed by atoms with Crippen LogP contribution in [0.3, 0.4) is 0 Å². The van der Waals surface area contributed by atoms with Gasteiger partial charge in [0.25, 0.3) is 0 Å². The molecule has 0 heterocycles. The lowest BCUT2D eigenvalue weighted by atomic mass is 9.73. The molecule has 4 nitrogen and oxygen atoms in total. The van der Waals surface area contributed by atoms with Crippen molar-refractivity contribution in [3.05, 3.63) is 0 Å². The second-order valence-corrected chi connectivity index (χ2v) is 6.00. The summed E-state index contributed by atoms with van der Waals surface area (Å²) in [7, 11) is 0. The van der Waals surface area contributed by atoms with Crippen molar-refractivity contribution >= 4 is 5.97 Å². The average molecular weight is 260 g/mol. The zero-order chi connectivity index (χ0) is 14.3. The molecule has 108 valence electrons. The van der Waals surface area contributed by atoms with Crippen LogP contribution in [0.2, 0.25) is 0 Å². The molecule has 0 amide bonds. The third-order valence-corrected chi connectivity index (χ3v) is 3.54. The standard InChI is InChI=1S/C14H28O4/c1-10(2)6-14(5,11(3)4)13(17)18-9-12(7-15)8-16/h10-12,15-16H,6-9H2,1-5H3. The summed E-state index contributed by atoms with van der Waals surface area (Å²) >= 11 is 0. The molecule has 0 fully saturated rings. The Morgan fingerprint density at radius 1 is 1.17 bits per heavy atom. The van der Waals surface area contributed by atoms with E-state index in [0.717, 1.165) is 6.42 Å². The molecule has 0 aliphatic rings. The average Bonchev–Trinajstić information content (AvgIpc) is 2.28. The van der Waals surface area contributed by atoms with Gasteiger partial charge in [0.15, 0.2) is 0 Å². The van der Waals surface area contributed by atoms with Crippen molar-refractivity contribution in [1.29, 1.82) is 0 Å². The first-order chi connectivity index (χ1) is 8.27. The largest absolute Gasteiger partial charge is 0.465 e. The lowest BCUT2D eigenvalue weighted by Gasteiger charge is -2.33. The van der Waals surface area contributed by atoms with E-state index in [1.165, 1.54) is 0 Å². The summed E-state index contributed by atoms with van der Waals surface area (Å²) in [6, 6.07) is 0. The van der Waals surface area contributed by atoms with E-state index in [9.17, 15) is 4.79 Å². The van der Waals surface area contributed by atoms with Crippen LogP contribution in [0.25, 0.3) is 0 Å². The zero-order valence-electron chi connectivity index (χ0n) is 12.3. The van der Waals surface area contributed by atoms with Crippen molar-refractivity contribution < 1.29 is 19.7 Å². The summed E-state index contributed by atoms with van der Waals surface area (Å²) in [4.78, 5) is 12.2. The third-order valence-electron chi connectivity index (χ3n) is 3.54. The second-order valence-electron chi connectivity index (χ2n) is 6.00. The summed E-state index contributed by atoms with van der Waals surface area (Å²) < 4.78 is 5.25. The van der Waals surface area contributed by atoms with Crippen LogP contribution in [0.5, 0.6) is 0 Å². The van der Waals surface area contributed by atoms with Crippen LogP contribution in [0.15, 0.2) is 0 Å². The van der Waals surface area contributed by atoms with Gasteiger partial charge in [0.05, 0.1) is 25.2 Å². The quantitative estimate of drug-likeness (QED) is 0.653. The summed E-state index contributed by atoms with van der Waals surface area (Å²) in [6.07, 6.45) is 0.770. The van der Waals surface area contributed by atoms with Crippen LogP contribution in [-0.4, -0.2) is 36.0 Å². The molecule has 4 heteroatoms. The number of carbonyl (C=O) groups excluding carboxylic acids is 1. The number of esters is 1. The number of rotatable bonds is 8. The minimum Gasteiger partial charge on any atom is -0.465 e. The molecule has 0 saturated carbocycles. The van der Waals surface area contributed by atoms with E-state index >= 15 is 0 Å². The van der Waals surface area contributed by atoms with E-state index in [2.05, 4.69) is 13.8 Å². The Labute approximate surface area is 110 Å². The highest BCUT2D eigenvalue weighted by molar-refractivity contribution is 5.76. The molecule has 0 spiro atoms. The van der Waals surface area contributed by atoms with Crippen LogP contribution in [0.1, 0.15) is 41.0 Å². The van der Waals surface area contributed by atoms with E-state index in [1.54, 1.807) is 0 Å². The van der Waals surface area contributed by atoms with E-state index < -0.39 is 5.41 Å². The van der Waals surface area contributed by atoms with Crippen molar-refractivity contribution in [1.82, 2.24) is 0 Å². The zero-order valence-corrected chi connectivity index (χ0v) is 12.3. The van der Waals surface area contributed by atoms with Crippen molar-refractivity contribution in [2.75, 3.05) is 19.8 Å². The van der Waals surface area contributed by atoms with Crippen molar-refractivity contribution in [2.24, 2.45) is 23.2 Å². The number of hydrogen-bond acceptors (Lipinski definition) is 4. The van der Waals surface area contributed by atoms with E-state index in [4.69, 9.17) is 14.9 Å². The molecule has 0 aromatic carbocycles. The molecule has 0 aliphatic heterocycles. The Bertz CT molecular complexity index is 246. The van der Waals surface area contributed by atoms with E-state index in [-0.39, 0.29) is 37.6 Å². The fourth-order valence-corrected chi connectivity index (χ4v) is 1.92. The van der Waals surface area contributed by atoms with Gasteiger partial charge in [-0.15, -0.1) is 0 Å². The van der Waals surface area contributed by atoms with Crippen molar-refractivity contribution in [2.45, 2.75) is 41.0 Å². The first-order valence-corrected chi connectivity index (χ1v) is 6.66. The maximum absolute atomic E-state index is 12.2. The molecule has 1 unspecified atom stereocenters. The third kappa shape index (κ3) is 4.94. The van der Waals surface area contributed by atoms with Gasteiger partial charge in [-0.25, -0.2) is 0 Å². The van der Waals surface area contributed by atoms with Crippen molar-refractivity contribution in [3.8, 4) is 0 Å². The minimum atomic E-state index is -0.510. The predicted octanol–water partition coefficient (Wildman–Crippen LogP) is 1.84. The van der Waals surface area contributed by atoms with Crippen LogP contribution in [0.4, 0.5) is 0 Å². The van der Waals surface area contributed by atoms with Gasteiger partial charge in [-0.2, -0.15) is 0 Å². The lowest BCUT2D eigenvalue weighted by Crippen LogP contribution is -2.37. The van der Waals surface area contributed by atoms with E-state index in [1.807, 2.05) is 20.8 Å². The molecule has 0 aromatic rings. The van der Waals surface area contributed by atoms with Gasteiger partial charge in [0.2, 0.25) is 0 Å². The van der Waals surface area contributed by atoms with Gasteiger partial charge in [-0.1, -0.05) is 27.7 Å². The fraction of sp³-hybridized carbons (Fsp3) is 0.929. The number of aliphatic hydroxyl groups excluding tert-OH is 2. The molecular weight excluding hydrogens is 232 g/mol. The number of hydrogen-bond donors (Lipinski definition) is 2. The first-order valence-electron chi connectivity index (χ1n) is 6.66. The van der Waals surface area contributed by atoms with Gasteiger partial charge < -0.3 is 14.9 Å². The minimum absolute atomic E-state index is 0.0756. The molecule has 18 heavy (non-hydrogen) atoms. The summed E-state index contributed by atoms with van der Waals surface area (Å²) in [6.45, 7) is 9.84. The van der Waals surface area contributed by atoms with E-state index in [0.29, 0.717) is 5.92 Å². The number of ether oxygens (including phenoxy) is 1. The van der Waals surface area contributed by atoms with Crippen molar-refractivity contribution in [3.63, 3.8) is 0 Å². The SMILES string of the molecule is CC(C)CC(C)(C(=O)OCC(CO)CO)C(C)C. The normalized spacial score (nSPS) is 15.2. The summed E-state index contributed by atoms with van der Waals surface area (Å²) in [5, 5.41) is 17.9. The highest BCUT2D eigenvalue weighted by Crippen LogP contribution is 2.35. The first kappa shape index (κ1) is 17.4. The van der Waals surface area contributed by atoms with Crippen LogP contribution in [0, 0.1) is 23.2 Å². The molecule has 0 saturated heterocycles. The van der Waals surface area contributed by atoms with Gasteiger partial charge in [-0.3, -0.25) is 4.79 Å². The predicted molar refractivity (Wildman–Crippen MR) is 71.0 cm³/mol. The Kier molecular flexibility index (Phi) is 7.48. The fourth-order valence-electron chi connectivity index (χ4n) is 1.92. The molecular formula is C14H28O4. The second kappa shape index (κ2) is 7.74. The number of aliphatic hydroxyl groups is 2. The maximum Gasteiger partial charge on any atom is 0.312 e. The Hall–Kier alpha value is -0.610. The van der Waals surface area contributed by atoms with Gasteiger partial charge in [0.1, 0.15) is 0 Å². The monoisotopic (exact) mass is 260 g/mol. The highest BCUT2D eigenvalue weighted by atomic mass is 16.5. The van der Waals surface area contributed by atoms with Gasteiger partial charge >= 0.3 is 5.97 Å². The molecule has 2 N–H and O–H groups in total. The van der Waals surface area contributed by atoms with Crippen LogP contribution < -0.4 is 0 Å². The molecule has 0 bridgehead atoms. The molecule has 0 aromatic heterocycles. The lowest BCUT2D eigenvalue weighted by molar-refractivity contribution is -0.161. The van der Waals surface area contributed by atoms with Gasteiger partial charge in [0, 0.05) is 5.92 Å². The Morgan fingerprint density at radius 2 is 1.67 bits per heavy atom. The molecule has 1 atom stereocenters. The number of carbonyl (C=O) groups is 1. The highest BCUT2D eigenvalue weighted by Gasteiger charge is 2.38. The smallest absolute Gasteiger partial charge is 0.312 e. The molecule has 0 aliphatic carbocycles. The van der Waals surface area contributed by atoms with Gasteiger partial charge in [-0.05, 0) is 25.2 Å². The summed E-state index contributed by atoms with van der Waals surface area (Å²) in [5.41, 5.74) is -0.510. The molecule has 0 radical (unpaired) electrons. The van der Waals surface area contributed by atoms with Crippen LogP contribution in [-0.2, 0) is 9.53 Å².